The van der Waals surface area contributed by atoms with Crippen LogP contribution in [0, 0.1) is 6.92 Å². The molecule has 0 aromatic heterocycles. The molecule has 0 saturated heterocycles. The lowest BCUT2D eigenvalue weighted by Gasteiger charge is -2.17. The summed E-state index contributed by atoms with van der Waals surface area (Å²) in [4.78, 5) is 0. The van der Waals surface area contributed by atoms with Crippen LogP contribution >= 0.6 is 11.6 Å². The highest BCUT2D eigenvalue weighted by molar-refractivity contribution is 7.93. The summed E-state index contributed by atoms with van der Waals surface area (Å²) in [5.74, 6) is 0. The summed E-state index contributed by atoms with van der Waals surface area (Å²) in [7, 11) is -3.43. The first-order valence-electron chi connectivity index (χ1n) is 5.86. The number of para-hydroxylation sites is 1. The summed E-state index contributed by atoms with van der Waals surface area (Å²) in [6.07, 6.45) is 0. The lowest BCUT2D eigenvalue weighted by molar-refractivity contribution is 0.579. The molecule has 0 fully saturated rings. The van der Waals surface area contributed by atoms with E-state index in [4.69, 9.17) is 11.6 Å². The van der Waals surface area contributed by atoms with Gasteiger partial charge in [0.15, 0.2) is 0 Å². The molecule has 1 aromatic rings. The molecular formula is C12H19ClN2O2S. The van der Waals surface area contributed by atoms with Gasteiger partial charge in [0.1, 0.15) is 0 Å². The Kier molecular flexibility index (Phi) is 5.44. The van der Waals surface area contributed by atoms with E-state index in [-0.39, 0.29) is 0 Å². The standard InChI is InChI=1S/C12H19ClN2O2S/c1-4-14-8-10(3)18(16,17)15-12-9(2)6-5-7-11(12)13/h5-7,10,14-15H,4,8H2,1-3H3. The lowest BCUT2D eigenvalue weighted by atomic mass is 10.2. The second-order valence-electron chi connectivity index (χ2n) is 4.20. The fraction of sp³-hybridized carbons (Fsp3) is 0.500. The van der Waals surface area contributed by atoms with Gasteiger partial charge < -0.3 is 5.32 Å². The van der Waals surface area contributed by atoms with Crippen LogP contribution in [-0.4, -0.2) is 26.8 Å². The Morgan fingerprint density at radius 1 is 1.39 bits per heavy atom. The summed E-state index contributed by atoms with van der Waals surface area (Å²) < 4.78 is 26.8. The van der Waals surface area contributed by atoms with E-state index >= 15 is 0 Å². The van der Waals surface area contributed by atoms with E-state index in [1.165, 1.54) is 0 Å². The highest BCUT2D eigenvalue weighted by atomic mass is 35.5. The maximum absolute atomic E-state index is 12.1. The maximum Gasteiger partial charge on any atom is 0.236 e. The number of halogens is 1. The molecule has 0 radical (unpaired) electrons. The average molecular weight is 291 g/mol. The van der Waals surface area contributed by atoms with Crippen molar-refractivity contribution in [3.05, 3.63) is 28.8 Å². The second-order valence-corrected chi connectivity index (χ2v) is 6.70. The van der Waals surface area contributed by atoms with Gasteiger partial charge in [-0.2, -0.15) is 0 Å². The van der Waals surface area contributed by atoms with E-state index in [0.29, 0.717) is 17.3 Å². The zero-order chi connectivity index (χ0) is 13.8. The third-order valence-electron chi connectivity index (χ3n) is 2.68. The Balaban J connectivity index is 2.89. The van der Waals surface area contributed by atoms with Crippen molar-refractivity contribution in [3.8, 4) is 0 Å². The first-order chi connectivity index (χ1) is 8.38. The van der Waals surface area contributed by atoms with Crippen LogP contribution in [0.5, 0.6) is 0 Å². The highest BCUT2D eigenvalue weighted by Gasteiger charge is 2.21. The minimum absolute atomic E-state index is 0.411. The number of rotatable bonds is 6. The van der Waals surface area contributed by atoms with E-state index in [1.807, 2.05) is 19.9 Å². The molecule has 0 heterocycles. The molecule has 1 aromatic carbocycles. The predicted molar refractivity (Wildman–Crippen MR) is 76.7 cm³/mol. The van der Waals surface area contributed by atoms with Gasteiger partial charge in [0.25, 0.3) is 0 Å². The van der Waals surface area contributed by atoms with Crippen LogP contribution in [0.2, 0.25) is 5.02 Å². The normalized spacial score (nSPS) is 13.3. The van der Waals surface area contributed by atoms with E-state index in [9.17, 15) is 8.42 Å². The van der Waals surface area contributed by atoms with Gasteiger partial charge in [-0.25, -0.2) is 8.42 Å². The van der Waals surface area contributed by atoms with Crippen LogP contribution in [0.3, 0.4) is 0 Å². The third kappa shape index (κ3) is 3.86. The fourth-order valence-corrected chi connectivity index (χ4v) is 2.88. The molecule has 0 aliphatic rings. The van der Waals surface area contributed by atoms with E-state index in [0.717, 1.165) is 12.1 Å². The molecule has 0 saturated carbocycles. The quantitative estimate of drug-likeness (QED) is 0.846. The zero-order valence-corrected chi connectivity index (χ0v) is 12.4. The van der Waals surface area contributed by atoms with Gasteiger partial charge in [-0.1, -0.05) is 30.7 Å². The lowest BCUT2D eigenvalue weighted by Crippen LogP contribution is -2.34. The Hall–Kier alpha value is -0.780. The van der Waals surface area contributed by atoms with Gasteiger partial charge in [-0.05, 0) is 32.0 Å². The number of hydrogen-bond donors (Lipinski definition) is 2. The van der Waals surface area contributed by atoms with Crippen molar-refractivity contribution in [1.82, 2.24) is 5.32 Å². The van der Waals surface area contributed by atoms with Crippen LogP contribution in [0.4, 0.5) is 5.69 Å². The Morgan fingerprint density at radius 2 is 2.06 bits per heavy atom. The maximum atomic E-state index is 12.1. The Bertz CT molecular complexity index is 483. The summed E-state index contributed by atoms with van der Waals surface area (Å²) in [6.45, 7) is 6.57. The van der Waals surface area contributed by atoms with E-state index in [1.54, 1.807) is 19.1 Å². The summed E-state index contributed by atoms with van der Waals surface area (Å²) in [6, 6.07) is 5.28. The van der Waals surface area contributed by atoms with Crippen molar-refractivity contribution in [1.29, 1.82) is 0 Å². The summed E-state index contributed by atoms with van der Waals surface area (Å²) >= 11 is 6.00. The average Bonchev–Trinajstić information content (AvgIpc) is 2.31. The number of sulfonamides is 1. The molecule has 18 heavy (non-hydrogen) atoms. The molecular weight excluding hydrogens is 272 g/mol. The molecule has 1 unspecified atom stereocenters. The van der Waals surface area contributed by atoms with Crippen LogP contribution in [0.25, 0.3) is 0 Å². The van der Waals surface area contributed by atoms with Crippen molar-refractivity contribution in [2.45, 2.75) is 26.0 Å². The molecule has 1 atom stereocenters. The van der Waals surface area contributed by atoms with Crippen molar-refractivity contribution < 1.29 is 8.42 Å². The molecule has 2 N–H and O–H groups in total. The molecule has 0 bridgehead atoms. The number of nitrogens with one attached hydrogen (secondary N) is 2. The third-order valence-corrected chi connectivity index (χ3v) is 4.71. The number of benzene rings is 1. The smallest absolute Gasteiger partial charge is 0.236 e. The summed E-state index contributed by atoms with van der Waals surface area (Å²) in [5.41, 5.74) is 1.27. The van der Waals surface area contributed by atoms with Crippen LogP contribution < -0.4 is 10.0 Å². The summed E-state index contributed by atoms with van der Waals surface area (Å²) in [5, 5.41) is 2.91. The van der Waals surface area contributed by atoms with E-state index in [2.05, 4.69) is 10.0 Å². The topological polar surface area (TPSA) is 58.2 Å². The van der Waals surface area contributed by atoms with Gasteiger partial charge in [-0.3, -0.25) is 4.72 Å². The van der Waals surface area contributed by atoms with Gasteiger partial charge in [0, 0.05) is 6.54 Å². The van der Waals surface area contributed by atoms with Crippen LogP contribution in [-0.2, 0) is 10.0 Å². The largest absolute Gasteiger partial charge is 0.316 e. The first-order valence-corrected chi connectivity index (χ1v) is 7.78. The minimum Gasteiger partial charge on any atom is -0.316 e. The number of aryl methyl sites for hydroxylation is 1. The Labute approximate surface area is 114 Å². The second kappa shape index (κ2) is 6.41. The first kappa shape index (κ1) is 15.3. The van der Waals surface area contributed by atoms with Crippen LogP contribution in [0.1, 0.15) is 19.4 Å². The van der Waals surface area contributed by atoms with Gasteiger partial charge >= 0.3 is 0 Å². The highest BCUT2D eigenvalue weighted by Crippen LogP contribution is 2.26. The number of hydrogen-bond acceptors (Lipinski definition) is 3. The van der Waals surface area contributed by atoms with Gasteiger partial charge in [0.2, 0.25) is 10.0 Å². The SMILES string of the molecule is CCNCC(C)S(=O)(=O)Nc1c(C)cccc1Cl. The molecule has 1 rings (SSSR count). The van der Waals surface area contributed by atoms with Crippen molar-refractivity contribution in [2.24, 2.45) is 0 Å². The molecule has 0 amide bonds. The molecule has 0 aliphatic heterocycles. The minimum atomic E-state index is -3.43. The van der Waals surface area contributed by atoms with Crippen molar-refractivity contribution in [3.63, 3.8) is 0 Å². The zero-order valence-electron chi connectivity index (χ0n) is 10.8. The van der Waals surface area contributed by atoms with Crippen molar-refractivity contribution >= 4 is 27.3 Å². The molecule has 6 heteroatoms. The fourth-order valence-electron chi connectivity index (χ4n) is 1.46. The van der Waals surface area contributed by atoms with Gasteiger partial charge in [-0.15, -0.1) is 0 Å². The monoisotopic (exact) mass is 290 g/mol. The number of anilines is 1. The molecule has 102 valence electrons. The van der Waals surface area contributed by atoms with Crippen LogP contribution in [0.15, 0.2) is 18.2 Å². The predicted octanol–water partition coefficient (Wildman–Crippen LogP) is 2.39. The molecule has 4 nitrogen and oxygen atoms in total. The van der Waals surface area contributed by atoms with Gasteiger partial charge in [0.05, 0.1) is 16.0 Å². The molecule has 0 spiro atoms. The molecule has 0 aliphatic carbocycles. The van der Waals surface area contributed by atoms with Crippen molar-refractivity contribution in [2.75, 3.05) is 17.8 Å². The Morgan fingerprint density at radius 3 is 2.61 bits per heavy atom. The van der Waals surface area contributed by atoms with E-state index < -0.39 is 15.3 Å².